The molecule has 1 atom stereocenters. The lowest BCUT2D eigenvalue weighted by Crippen LogP contribution is -2.37. The molecule has 3 rings (SSSR count). The Labute approximate surface area is 187 Å². The van der Waals surface area contributed by atoms with E-state index in [9.17, 15) is 4.79 Å². The van der Waals surface area contributed by atoms with Crippen LogP contribution in [0.2, 0.25) is 0 Å². The molecule has 3 nitrogen and oxygen atoms in total. The fourth-order valence-electron chi connectivity index (χ4n) is 4.66. The van der Waals surface area contributed by atoms with E-state index in [1.807, 2.05) is 43.3 Å². The average Bonchev–Trinajstić information content (AvgIpc) is 3.15. The lowest BCUT2D eigenvalue weighted by atomic mass is 9.74. The van der Waals surface area contributed by atoms with Gasteiger partial charge in [-0.2, -0.15) is 0 Å². The van der Waals surface area contributed by atoms with E-state index in [1.54, 1.807) is 0 Å². The van der Waals surface area contributed by atoms with Crippen LogP contribution in [0, 0.1) is 11.8 Å². The normalized spacial score (nSPS) is 17.5. The third-order valence-electron chi connectivity index (χ3n) is 6.25. The van der Waals surface area contributed by atoms with E-state index < -0.39 is 5.54 Å². The van der Waals surface area contributed by atoms with Crippen molar-refractivity contribution in [3.05, 3.63) is 71.8 Å². The quantitative estimate of drug-likeness (QED) is 0.292. The number of carbonyl (C=O) groups is 1. The molecule has 1 aliphatic heterocycles. The summed E-state index contributed by atoms with van der Waals surface area (Å²) in [6, 6.07) is 20.4. The maximum atomic E-state index is 13.3. The summed E-state index contributed by atoms with van der Waals surface area (Å²) in [6.07, 6.45) is 7.78. The van der Waals surface area contributed by atoms with Gasteiger partial charge in [-0.05, 0) is 30.4 Å². The van der Waals surface area contributed by atoms with E-state index in [0.29, 0.717) is 13.0 Å². The van der Waals surface area contributed by atoms with Gasteiger partial charge >= 0.3 is 5.97 Å². The highest BCUT2D eigenvalue weighted by Crippen LogP contribution is 2.47. The van der Waals surface area contributed by atoms with Crippen molar-refractivity contribution < 1.29 is 9.53 Å². The van der Waals surface area contributed by atoms with Gasteiger partial charge in [0, 0.05) is 12.1 Å². The smallest absolute Gasteiger partial charge is 0.312 e. The first-order valence-electron chi connectivity index (χ1n) is 11.9. The van der Waals surface area contributed by atoms with Gasteiger partial charge in [0.15, 0.2) is 0 Å². The van der Waals surface area contributed by atoms with Crippen molar-refractivity contribution >= 4 is 11.7 Å². The molecule has 31 heavy (non-hydrogen) atoms. The van der Waals surface area contributed by atoms with Crippen LogP contribution in [-0.2, 0) is 15.1 Å². The molecule has 3 heteroatoms. The van der Waals surface area contributed by atoms with Crippen LogP contribution in [0.4, 0.5) is 0 Å². The monoisotopic (exact) mass is 419 g/mol. The molecule has 0 radical (unpaired) electrons. The Balaban J connectivity index is 1.66. The second-order valence-corrected chi connectivity index (χ2v) is 9.22. The van der Waals surface area contributed by atoms with Crippen molar-refractivity contribution in [2.45, 2.75) is 71.3 Å². The molecular formula is C28H37NO2. The van der Waals surface area contributed by atoms with Crippen molar-refractivity contribution in [1.29, 1.82) is 0 Å². The first-order valence-corrected chi connectivity index (χ1v) is 11.9. The third kappa shape index (κ3) is 5.84. The minimum Gasteiger partial charge on any atom is -0.465 e. The van der Waals surface area contributed by atoms with Gasteiger partial charge in [0.2, 0.25) is 0 Å². The van der Waals surface area contributed by atoms with Crippen LogP contribution < -0.4 is 0 Å². The summed E-state index contributed by atoms with van der Waals surface area (Å²) >= 11 is 0. The second kappa shape index (κ2) is 11.3. The Morgan fingerprint density at radius 2 is 1.48 bits per heavy atom. The Hall–Kier alpha value is -2.42. The highest BCUT2D eigenvalue weighted by molar-refractivity contribution is 5.92. The fourth-order valence-corrected chi connectivity index (χ4v) is 4.66. The molecule has 0 saturated heterocycles. The van der Waals surface area contributed by atoms with Crippen molar-refractivity contribution in [3.8, 4) is 0 Å². The largest absolute Gasteiger partial charge is 0.465 e. The predicted molar refractivity (Wildman–Crippen MR) is 128 cm³/mol. The number of hydrogen-bond acceptors (Lipinski definition) is 3. The van der Waals surface area contributed by atoms with Crippen LogP contribution in [0.5, 0.6) is 0 Å². The van der Waals surface area contributed by atoms with E-state index in [4.69, 9.17) is 9.73 Å². The van der Waals surface area contributed by atoms with Crippen molar-refractivity contribution in [3.63, 3.8) is 0 Å². The molecule has 2 aromatic rings. The molecule has 1 heterocycles. The summed E-state index contributed by atoms with van der Waals surface area (Å²) in [6.45, 7) is 7.07. The van der Waals surface area contributed by atoms with Crippen LogP contribution in [0.1, 0.15) is 76.8 Å². The van der Waals surface area contributed by atoms with Gasteiger partial charge in [-0.25, -0.2) is 0 Å². The molecule has 1 aliphatic rings. The highest BCUT2D eigenvalue weighted by atomic mass is 16.5. The summed E-state index contributed by atoms with van der Waals surface area (Å²) in [5, 5.41) is 0. The molecule has 0 fully saturated rings. The predicted octanol–water partition coefficient (Wildman–Crippen LogP) is 6.95. The van der Waals surface area contributed by atoms with Crippen molar-refractivity contribution in [2.24, 2.45) is 16.8 Å². The Morgan fingerprint density at radius 1 is 0.935 bits per heavy atom. The minimum absolute atomic E-state index is 0.131. The zero-order valence-electron chi connectivity index (χ0n) is 19.3. The first-order chi connectivity index (χ1) is 15.0. The molecule has 0 bridgehead atoms. The van der Waals surface area contributed by atoms with E-state index in [1.165, 1.54) is 25.7 Å². The standard InChI is InChI=1S/C28H37NO2/c1-22(2)15-9-5-4-6-14-20-31-27(30)26-21-23(3)29-28(26,24-16-10-7-11-17-24)25-18-12-8-13-19-25/h7-8,10-13,16-19,22,26H,4-6,9,14-15,20-21H2,1-3H3. The number of aliphatic imine (C=N–C) groups is 1. The van der Waals surface area contributed by atoms with Crippen LogP contribution in [0.25, 0.3) is 0 Å². The van der Waals surface area contributed by atoms with Gasteiger partial charge < -0.3 is 4.74 Å². The van der Waals surface area contributed by atoms with Crippen LogP contribution >= 0.6 is 0 Å². The summed E-state index contributed by atoms with van der Waals surface area (Å²) in [7, 11) is 0. The number of esters is 1. The summed E-state index contributed by atoms with van der Waals surface area (Å²) < 4.78 is 5.81. The third-order valence-corrected chi connectivity index (χ3v) is 6.25. The van der Waals surface area contributed by atoms with Crippen LogP contribution in [0.3, 0.4) is 0 Å². The van der Waals surface area contributed by atoms with Gasteiger partial charge in [-0.15, -0.1) is 0 Å². The minimum atomic E-state index is -0.708. The van der Waals surface area contributed by atoms with E-state index in [2.05, 4.69) is 38.1 Å². The molecule has 166 valence electrons. The fraction of sp³-hybridized carbons (Fsp3) is 0.500. The summed E-state index contributed by atoms with van der Waals surface area (Å²) in [5.74, 6) is 0.323. The van der Waals surface area contributed by atoms with Gasteiger partial charge in [0.05, 0.1) is 12.5 Å². The van der Waals surface area contributed by atoms with Gasteiger partial charge in [-0.1, -0.05) is 107 Å². The SMILES string of the molecule is CC1=NC(c2ccccc2)(c2ccccc2)C(C(=O)OCCCCCCCC(C)C)C1. The lowest BCUT2D eigenvalue weighted by molar-refractivity contribution is -0.150. The number of unbranched alkanes of at least 4 members (excludes halogenated alkanes) is 4. The molecule has 2 aromatic carbocycles. The number of rotatable bonds is 11. The zero-order chi connectivity index (χ0) is 22.1. The highest BCUT2D eigenvalue weighted by Gasteiger charge is 2.50. The molecule has 0 N–H and O–H groups in total. The molecule has 0 aromatic heterocycles. The zero-order valence-corrected chi connectivity index (χ0v) is 19.3. The first kappa shape index (κ1) is 23.2. The molecular weight excluding hydrogens is 382 g/mol. The Bertz CT molecular complexity index is 802. The van der Waals surface area contributed by atoms with E-state index >= 15 is 0 Å². The maximum Gasteiger partial charge on any atom is 0.312 e. The number of benzene rings is 2. The average molecular weight is 420 g/mol. The van der Waals surface area contributed by atoms with Crippen LogP contribution in [-0.4, -0.2) is 18.3 Å². The molecule has 0 spiro atoms. The van der Waals surface area contributed by atoms with Gasteiger partial charge in [0.1, 0.15) is 5.54 Å². The molecule has 0 saturated carbocycles. The summed E-state index contributed by atoms with van der Waals surface area (Å²) in [5.41, 5.74) is 2.38. The molecule has 0 aliphatic carbocycles. The van der Waals surface area contributed by atoms with Gasteiger partial charge in [-0.3, -0.25) is 9.79 Å². The van der Waals surface area contributed by atoms with Crippen molar-refractivity contribution in [1.82, 2.24) is 0 Å². The Morgan fingerprint density at radius 3 is 2.06 bits per heavy atom. The topological polar surface area (TPSA) is 38.7 Å². The maximum absolute atomic E-state index is 13.3. The number of carbonyl (C=O) groups excluding carboxylic acids is 1. The second-order valence-electron chi connectivity index (χ2n) is 9.22. The number of nitrogens with zero attached hydrogens (tertiary/aromatic N) is 1. The van der Waals surface area contributed by atoms with Crippen molar-refractivity contribution in [2.75, 3.05) is 6.61 Å². The lowest BCUT2D eigenvalue weighted by Gasteiger charge is -2.33. The summed E-state index contributed by atoms with van der Waals surface area (Å²) in [4.78, 5) is 18.3. The van der Waals surface area contributed by atoms with Gasteiger partial charge in [0.25, 0.3) is 0 Å². The van der Waals surface area contributed by atoms with E-state index in [-0.39, 0.29) is 11.9 Å². The van der Waals surface area contributed by atoms with Crippen LogP contribution in [0.15, 0.2) is 65.7 Å². The van der Waals surface area contributed by atoms with E-state index in [0.717, 1.165) is 35.6 Å². The molecule has 1 unspecified atom stereocenters. The Kier molecular flexibility index (Phi) is 8.45. The molecule has 0 amide bonds. The number of hydrogen-bond donors (Lipinski definition) is 0. The number of ether oxygens (including phenoxy) is 1.